The summed E-state index contributed by atoms with van der Waals surface area (Å²) < 4.78 is 40.3. The van der Waals surface area contributed by atoms with Crippen LogP contribution in [-0.4, -0.2) is 50.1 Å². The molecule has 0 radical (unpaired) electrons. The SMILES string of the molecule is CN(C)S(=O)(=O)c1ccc(C(=O)N2CC(=O)Nc3ccc(Br)cc3[C@H]2c2ccc(F)cc2)cc1. The van der Waals surface area contributed by atoms with Crippen LogP contribution in [0.15, 0.2) is 76.1 Å². The van der Waals surface area contributed by atoms with Gasteiger partial charge in [0.2, 0.25) is 15.9 Å². The van der Waals surface area contributed by atoms with Crippen molar-refractivity contribution < 1.29 is 22.4 Å². The summed E-state index contributed by atoms with van der Waals surface area (Å²) in [6.07, 6.45) is 0. The second-order valence-electron chi connectivity index (χ2n) is 7.98. The van der Waals surface area contributed by atoms with Gasteiger partial charge in [0, 0.05) is 35.4 Å². The molecule has 1 N–H and O–H groups in total. The van der Waals surface area contributed by atoms with Crippen molar-refractivity contribution in [3.05, 3.63) is 93.7 Å². The topological polar surface area (TPSA) is 86.8 Å². The van der Waals surface area contributed by atoms with E-state index in [1.54, 1.807) is 24.3 Å². The molecule has 0 spiro atoms. The van der Waals surface area contributed by atoms with Gasteiger partial charge in [-0.05, 0) is 60.2 Å². The van der Waals surface area contributed by atoms with Crippen LogP contribution in [0.25, 0.3) is 0 Å². The van der Waals surface area contributed by atoms with E-state index in [0.717, 1.165) is 8.78 Å². The van der Waals surface area contributed by atoms with E-state index in [9.17, 15) is 22.4 Å². The van der Waals surface area contributed by atoms with Gasteiger partial charge in [-0.2, -0.15) is 0 Å². The number of anilines is 1. The van der Waals surface area contributed by atoms with Crippen LogP contribution in [-0.2, 0) is 14.8 Å². The van der Waals surface area contributed by atoms with Gasteiger partial charge in [-0.25, -0.2) is 17.1 Å². The van der Waals surface area contributed by atoms with Crippen molar-refractivity contribution in [3.8, 4) is 0 Å². The Bertz CT molecular complexity index is 1360. The third-order valence-electron chi connectivity index (χ3n) is 5.53. The molecule has 0 bridgehead atoms. The van der Waals surface area contributed by atoms with Crippen LogP contribution in [0, 0.1) is 5.82 Å². The maximum Gasteiger partial charge on any atom is 0.255 e. The van der Waals surface area contributed by atoms with E-state index < -0.39 is 27.8 Å². The Balaban J connectivity index is 1.81. The van der Waals surface area contributed by atoms with Crippen molar-refractivity contribution in [2.45, 2.75) is 10.9 Å². The molecule has 0 aromatic heterocycles. The third-order valence-corrected chi connectivity index (χ3v) is 7.86. The fourth-order valence-electron chi connectivity index (χ4n) is 3.82. The van der Waals surface area contributed by atoms with Crippen LogP contribution < -0.4 is 5.32 Å². The number of benzene rings is 3. The Morgan fingerprint density at radius 2 is 1.71 bits per heavy atom. The molecule has 7 nitrogen and oxygen atoms in total. The number of amides is 2. The lowest BCUT2D eigenvalue weighted by Crippen LogP contribution is -2.39. The number of nitrogens with zero attached hydrogens (tertiary/aromatic N) is 2. The van der Waals surface area contributed by atoms with Crippen molar-refractivity contribution in [3.63, 3.8) is 0 Å². The van der Waals surface area contributed by atoms with E-state index in [1.807, 2.05) is 6.07 Å². The van der Waals surface area contributed by atoms with Gasteiger partial charge in [0.05, 0.1) is 10.9 Å². The van der Waals surface area contributed by atoms with Gasteiger partial charge in [0.15, 0.2) is 0 Å². The van der Waals surface area contributed by atoms with E-state index in [0.29, 0.717) is 16.8 Å². The highest BCUT2D eigenvalue weighted by Crippen LogP contribution is 2.38. The lowest BCUT2D eigenvalue weighted by Gasteiger charge is -2.31. The minimum atomic E-state index is -3.66. The summed E-state index contributed by atoms with van der Waals surface area (Å²) in [5, 5.41) is 2.83. The zero-order chi connectivity index (χ0) is 24.6. The van der Waals surface area contributed by atoms with E-state index >= 15 is 0 Å². The number of fused-ring (bicyclic) bond motifs is 1. The lowest BCUT2D eigenvalue weighted by molar-refractivity contribution is -0.117. The van der Waals surface area contributed by atoms with E-state index in [-0.39, 0.29) is 22.9 Å². The molecule has 1 aliphatic rings. The molecule has 0 unspecified atom stereocenters. The highest BCUT2D eigenvalue weighted by atomic mass is 79.9. The summed E-state index contributed by atoms with van der Waals surface area (Å²) in [5.41, 5.74) is 2.05. The standard InChI is InChI=1S/C24H21BrFN3O4S/c1-28(2)34(32,33)19-10-5-16(6-11-19)24(31)29-14-22(30)27-21-12-7-17(25)13-20(21)23(29)15-3-8-18(26)9-4-15/h3-13,23H,14H2,1-2H3,(H,27,30)/t23-/m1/s1. The Labute approximate surface area is 205 Å². The Hall–Kier alpha value is -3.08. The Morgan fingerprint density at radius 3 is 2.32 bits per heavy atom. The van der Waals surface area contributed by atoms with Gasteiger partial charge >= 0.3 is 0 Å². The smallest absolute Gasteiger partial charge is 0.255 e. The number of halogens is 2. The monoisotopic (exact) mass is 545 g/mol. The van der Waals surface area contributed by atoms with Crippen LogP contribution in [0.2, 0.25) is 0 Å². The van der Waals surface area contributed by atoms with E-state index in [2.05, 4.69) is 21.2 Å². The van der Waals surface area contributed by atoms with Crippen molar-refractivity contribution in [1.82, 2.24) is 9.21 Å². The van der Waals surface area contributed by atoms with Crippen LogP contribution in [0.1, 0.15) is 27.5 Å². The minimum Gasteiger partial charge on any atom is -0.324 e. The molecule has 1 aliphatic heterocycles. The summed E-state index contributed by atoms with van der Waals surface area (Å²) >= 11 is 3.45. The molecule has 34 heavy (non-hydrogen) atoms. The molecule has 0 saturated carbocycles. The molecule has 1 atom stereocenters. The molecule has 0 fully saturated rings. The maximum atomic E-state index is 13.7. The highest BCUT2D eigenvalue weighted by molar-refractivity contribution is 9.10. The van der Waals surface area contributed by atoms with Gasteiger partial charge in [-0.3, -0.25) is 9.59 Å². The summed E-state index contributed by atoms with van der Waals surface area (Å²) in [5.74, 6) is -1.27. The van der Waals surface area contributed by atoms with Crippen molar-refractivity contribution in [2.75, 3.05) is 26.0 Å². The Kier molecular flexibility index (Phi) is 6.57. The second-order valence-corrected chi connectivity index (χ2v) is 11.0. The number of hydrogen-bond acceptors (Lipinski definition) is 4. The van der Waals surface area contributed by atoms with Crippen LogP contribution in [0.3, 0.4) is 0 Å². The van der Waals surface area contributed by atoms with Gasteiger partial charge in [-0.1, -0.05) is 28.1 Å². The minimum absolute atomic E-state index is 0.0482. The number of nitrogens with one attached hydrogen (secondary N) is 1. The molecule has 1 heterocycles. The third kappa shape index (κ3) is 4.61. The van der Waals surface area contributed by atoms with Crippen LogP contribution >= 0.6 is 15.9 Å². The molecule has 0 saturated heterocycles. The molecule has 2 amide bonds. The van der Waals surface area contributed by atoms with Gasteiger partial charge < -0.3 is 10.2 Å². The maximum absolute atomic E-state index is 13.7. The van der Waals surface area contributed by atoms with E-state index in [4.69, 9.17) is 0 Å². The molecule has 0 aliphatic carbocycles. The number of hydrogen-bond donors (Lipinski definition) is 1. The van der Waals surface area contributed by atoms with Gasteiger partial charge in [0.25, 0.3) is 5.91 Å². The average Bonchev–Trinajstić information content (AvgIpc) is 2.95. The molecule has 3 aromatic rings. The molecule has 3 aromatic carbocycles. The number of sulfonamides is 1. The first-order valence-electron chi connectivity index (χ1n) is 10.3. The summed E-state index contributed by atoms with van der Waals surface area (Å²) in [6, 6.07) is 16.0. The average molecular weight is 546 g/mol. The molecule has 4 rings (SSSR count). The first-order valence-corrected chi connectivity index (χ1v) is 12.5. The normalized spacial score (nSPS) is 16.1. The van der Waals surface area contributed by atoms with Crippen molar-refractivity contribution in [2.24, 2.45) is 0 Å². The van der Waals surface area contributed by atoms with E-state index in [1.165, 1.54) is 55.4 Å². The fourth-order valence-corrected chi connectivity index (χ4v) is 5.10. The fraction of sp³-hybridized carbons (Fsp3) is 0.167. The first-order chi connectivity index (χ1) is 16.1. The molecular formula is C24H21BrFN3O4S. The second kappa shape index (κ2) is 9.28. The lowest BCUT2D eigenvalue weighted by atomic mass is 9.95. The number of rotatable bonds is 4. The number of carbonyl (C=O) groups excluding carboxylic acids is 2. The van der Waals surface area contributed by atoms with Crippen molar-refractivity contribution >= 4 is 43.5 Å². The quantitative estimate of drug-likeness (QED) is 0.536. The number of carbonyl (C=O) groups is 2. The summed E-state index contributed by atoms with van der Waals surface area (Å²) in [6.45, 7) is -0.245. The zero-order valence-corrected chi connectivity index (χ0v) is 20.7. The zero-order valence-electron chi connectivity index (χ0n) is 18.3. The van der Waals surface area contributed by atoms with Gasteiger partial charge in [-0.15, -0.1) is 0 Å². The van der Waals surface area contributed by atoms with Crippen LogP contribution in [0.4, 0.5) is 10.1 Å². The van der Waals surface area contributed by atoms with Crippen molar-refractivity contribution in [1.29, 1.82) is 0 Å². The Morgan fingerprint density at radius 1 is 1.06 bits per heavy atom. The predicted molar refractivity (Wildman–Crippen MR) is 129 cm³/mol. The molecule has 176 valence electrons. The highest BCUT2D eigenvalue weighted by Gasteiger charge is 2.34. The van der Waals surface area contributed by atoms with Gasteiger partial charge in [0.1, 0.15) is 12.4 Å². The van der Waals surface area contributed by atoms with Crippen LogP contribution in [0.5, 0.6) is 0 Å². The predicted octanol–water partition coefficient (Wildman–Crippen LogP) is 4.02. The summed E-state index contributed by atoms with van der Waals surface area (Å²) in [7, 11) is -0.810. The molecule has 10 heteroatoms. The largest absolute Gasteiger partial charge is 0.324 e. The summed E-state index contributed by atoms with van der Waals surface area (Å²) in [4.78, 5) is 27.8. The molecular weight excluding hydrogens is 525 g/mol. The first kappa shape index (κ1) is 24.1.